The molecule has 3 aromatic rings. The van der Waals surface area contributed by atoms with E-state index in [9.17, 15) is 74.4 Å². The van der Waals surface area contributed by atoms with Crippen LogP contribution in [0.25, 0.3) is 0 Å². The molecule has 0 saturated carbocycles. The molecule has 2 saturated heterocycles. The largest absolute Gasteiger partial charge is 0.441 e. The number of nitrogen functional groups attached to an aromatic ring is 1. The van der Waals surface area contributed by atoms with Gasteiger partial charge in [0.2, 0.25) is 36.8 Å². The van der Waals surface area contributed by atoms with Gasteiger partial charge in [-0.3, -0.25) is 38.6 Å². The van der Waals surface area contributed by atoms with Gasteiger partial charge < -0.3 is 130 Å². The zero-order chi connectivity index (χ0) is 70.3. The summed E-state index contributed by atoms with van der Waals surface area (Å²) in [6.45, 7) is 8.84. The predicted octanol–water partition coefficient (Wildman–Crippen LogP) is -8.30. The number of aromatic amines is 1. The van der Waals surface area contributed by atoms with Gasteiger partial charge in [-0.2, -0.15) is 0 Å². The Bertz CT molecular complexity index is 3230. The number of anilines is 1. The Morgan fingerprint density at radius 2 is 1.56 bits per heavy atom. The van der Waals surface area contributed by atoms with Gasteiger partial charge in [-0.1, -0.05) is 32.9 Å². The molecule has 0 bridgehead atoms. The van der Waals surface area contributed by atoms with Crippen LogP contribution in [0.2, 0.25) is 20.0 Å². The van der Waals surface area contributed by atoms with Gasteiger partial charge in [0.05, 0.1) is 71.8 Å². The van der Waals surface area contributed by atoms with Gasteiger partial charge in [0, 0.05) is 49.0 Å². The molecule has 6 rings (SSSR count). The van der Waals surface area contributed by atoms with E-state index in [4.69, 9.17) is 52.4 Å². The molecule has 11 unspecified atom stereocenters. The van der Waals surface area contributed by atoms with Crippen molar-refractivity contribution in [3.63, 3.8) is 0 Å². The molecule has 0 aromatic carbocycles. The number of aromatic nitrogens is 5. The number of hydrogen-bond acceptors (Lipinski definition) is 30. The minimum atomic E-state index is -2.34. The van der Waals surface area contributed by atoms with Gasteiger partial charge in [-0.25, -0.2) is 24.7 Å². The smallest absolute Gasteiger partial charge is 0.404 e. The molecule has 25 N–H and O–H groups in total. The first kappa shape index (κ1) is 76.3. The molecular formula is C54H82B2N17O21S. The Hall–Kier alpha value is -7.74. The van der Waals surface area contributed by atoms with E-state index in [2.05, 4.69) is 75.5 Å². The molecule has 3 aliphatic rings. The number of aliphatic imine (C=N–C) groups is 1. The Morgan fingerprint density at radius 3 is 2.19 bits per heavy atom. The third kappa shape index (κ3) is 20.4. The summed E-state index contributed by atoms with van der Waals surface area (Å²) in [6, 6.07) is -7.88. The molecule has 1 radical (unpaired) electrons. The number of carbonyl (C=O) groups is 8. The summed E-state index contributed by atoms with van der Waals surface area (Å²) in [7, 11) is 1.67. The number of aliphatic hydroxyl groups is 8. The number of H-pyrrole nitrogens is 1. The molecule has 8 amide bonds. The Morgan fingerprint density at radius 1 is 0.842 bits per heavy atom. The Kier molecular flexibility index (Phi) is 27.9. The lowest BCUT2D eigenvalue weighted by Crippen LogP contribution is -2.65. The van der Waals surface area contributed by atoms with Gasteiger partial charge in [0.25, 0.3) is 11.8 Å². The molecule has 6 heterocycles. The first-order valence-electron chi connectivity index (χ1n) is 30.0. The number of carbonyl (C=O) groups excluding carboxylic acids is 8. The van der Waals surface area contributed by atoms with Crippen molar-refractivity contribution >= 4 is 84.2 Å². The Balaban J connectivity index is 1.25. The quantitative estimate of drug-likeness (QED) is 0.0195. The highest BCUT2D eigenvalue weighted by Gasteiger charge is 2.54. The van der Waals surface area contributed by atoms with Crippen molar-refractivity contribution in [1.29, 1.82) is 0 Å². The second-order valence-electron chi connectivity index (χ2n) is 23.2. The van der Waals surface area contributed by atoms with Crippen LogP contribution in [-0.4, -0.2) is 257 Å². The average Bonchev–Trinajstić information content (AvgIpc) is 1.39. The van der Waals surface area contributed by atoms with Crippen molar-refractivity contribution < 1.29 is 103 Å². The summed E-state index contributed by atoms with van der Waals surface area (Å²) < 4.78 is 28.1. The van der Waals surface area contributed by atoms with Crippen molar-refractivity contribution in [3.05, 3.63) is 63.1 Å². The summed E-state index contributed by atoms with van der Waals surface area (Å²) in [5, 5.41) is 106. The van der Waals surface area contributed by atoms with Crippen LogP contribution in [0, 0.1) is 12.8 Å². The van der Waals surface area contributed by atoms with E-state index in [1.54, 1.807) is 18.6 Å². The number of hydrogen-bond donors (Lipinski definition) is 20. The van der Waals surface area contributed by atoms with Gasteiger partial charge in [0.15, 0.2) is 25.0 Å². The first-order valence-corrected chi connectivity index (χ1v) is 30.9. The third-order valence-corrected chi connectivity index (χ3v) is 16.3. The number of nitrogens with zero attached hydrogens (tertiary/aromatic N) is 5. The summed E-state index contributed by atoms with van der Waals surface area (Å²) >= 11 is 1.27. The second kappa shape index (κ2) is 34.8. The van der Waals surface area contributed by atoms with Crippen LogP contribution in [0.4, 0.5) is 10.6 Å². The zero-order valence-corrected chi connectivity index (χ0v) is 53.3. The van der Waals surface area contributed by atoms with Crippen LogP contribution in [0.1, 0.15) is 84.0 Å². The number of amides is 8. The highest BCUT2D eigenvalue weighted by atomic mass is 32.1. The van der Waals surface area contributed by atoms with Crippen LogP contribution in [-0.2, 0) is 58.9 Å². The summed E-state index contributed by atoms with van der Waals surface area (Å²) in [4.78, 5) is 130. The summed E-state index contributed by atoms with van der Waals surface area (Å²) in [6.07, 6.45) is -24.5. The summed E-state index contributed by atoms with van der Waals surface area (Å²) in [5.41, 5.74) is 28.4. The van der Waals surface area contributed by atoms with Gasteiger partial charge in [-0.05, 0) is 27.2 Å². The maximum atomic E-state index is 15.1. The van der Waals surface area contributed by atoms with Crippen molar-refractivity contribution in [2.24, 2.45) is 33.8 Å². The monoisotopic (exact) mass is 1360 g/mol. The standard InChI is InChI=1S/C54H82B2N17O21S/c1-19-31(70-45(73-43(19)59)24(12-29(58)76)65-14-23(57)44(60)82)49(86)72-33(39(26-15-62-18-66-26)91-53-41(36(79)37(80)51(88)94-53)92-52-38(81)40(93-54(61)89)35(78)28(16-74)90-52)50(87)67-21(3)34(77)20(2)46(83)71-32(22(4)75)48(85)64-11-8-30-68-27(17-95-30)42-55-13-25(69-42)47(84)63-10-7-9-56(5)6/h13,15,17-18,20-24,28,32-41,51-53,65,74-75,77-81,88H,7-12,14,16,57H2,1-6H3,(H2,58,76)(H2,60,82)(H2,61,89)(H,62,66)(H,63,84)(H,64,85)(H,67,87)(H,71,83)(H,72,86)(H2,59,70,73)/t20-,21+,22+,23?,24-,28?,32-,33-,34-,35?,36?,37?,38?,39-,40?,41?,51?,52?,53?/m0/s1. The summed E-state index contributed by atoms with van der Waals surface area (Å²) in [5.74, 6) is -7.17. The maximum absolute atomic E-state index is 15.1. The molecule has 521 valence electrons. The first-order chi connectivity index (χ1) is 44.8. The van der Waals surface area contributed by atoms with E-state index in [1.165, 1.54) is 39.0 Å². The second-order valence-corrected chi connectivity index (χ2v) is 24.1. The minimum Gasteiger partial charge on any atom is -0.441 e. The van der Waals surface area contributed by atoms with Crippen LogP contribution in [0.15, 0.2) is 34.6 Å². The van der Waals surface area contributed by atoms with Crippen LogP contribution in [0.3, 0.4) is 0 Å². The molecule has 38 nitrogen and oxygen atoms in total. The van der Waals surface area contributed by atoms with Gasteiger partial charge >= 0.3 is 6.09 Å². The van der Waals surface area contributed by atoms with Gasteiger partial charge in [-0.15, -0.1) is 11.3 Å². The normalized spacial score (nSPS) is 24.7. The predicted molar refractivity (Wildman–Crippen MR) is 332 cm³/mol. The lowest BCUT2D eigenvalue weighted by molar-refractivity contribution is -0.390. The highest BCUT2D eigenvalue weighted by Crippen LogP contribution is 2.34. The topological polar surface area (TPSA) is 627 Å². The molecule has 2 fully saturated rings. The highest BCUT2D eigenvalue weighted by molar-refractivity contribution is 7.10. The van der Waals surface area contributed by atoms with Crippen molar-refractivity contribution in [2.45, 2.75) is 177 Å². The lowest BCUT2D eigenvalue weighted by Gasteiger charge is -2.46. The fourth-order valence-corrected chi connectivity index (χ4v) is 10.7. The van der Waals surface area contributed by atoms with Crippen molar-refractivity contribution in [2.75, 3.05) is 32.0 Å². The minimum absolute atomic E-state index is 0.0104. The third-order valence-electron chi connectivity index (χ3n) is 15.4. The molecular weight excluding hydrogens is 1280 g/mol. The number of rotatable bonds is 34. The number of imidazole rings is 1. The van der Waals surface area contributed by atoms with Crippen molar-refractivity contribution in [3.8, 4) is 0 Å². The fraction of sp³-hybridized carbons (Fsp3) is 0.611. The molecule has 95 heavy (non-hydrogen) atoms. The van der Waals surface area contributed by atoms with E-state index < -0.39 is 176 Å². The average molecular weight is 1360 g/mol. The molecule has 0 aliphatic carbocycles. The number of thiazole rings is 1. The Labute approximate surface area is 548 Å². The zero-order valence-electron chi connectivity index (χ0n) is 52.5. The van der Waals surface area contributed by atoms with E-state index in [0.717, 1.165) is 25.3 Å². The van der Waals surface area contributed by atoms with E-state index in [-0.39, 0.29) is 54.0 Å². The van der Waals surface area contributed by atoms with Crippen LogP contribution >= 0.6 is 11.3 Å². The van der Waals surface area contributed by atoms with Crippen LogP contribution < -0.4 is 60.6 Å². The van der Waals surface area contributed by atoms with Crippen molar-refractivity contribution in [1.82, 2.24) is 56.8 Å². The number of aliphatic hydroxyl groups excluding tert-OH is 8. The molecule has 0 spiro atoms. The number of nitrogens with one attached hydrogen (secondary N) is 7. The SMILES string of the molecule is CB(C)CCCNC(=O)C1=C[B]C(c2csc(CCNC(=O)[C@@H](NC(=O)[C@@H](C)[C@H](O)[C@@H](C)NC(=O)[C@@H](NC(=O)c3nc([C@H](CC(N)=O)NCC(N)C(N)=O)nc(N)c3C)[C@@H](OC3OC(O)C(O)C(O)C3OC3OC(CO)C(O)C(OC(N)=O)C3O)c3cnc[nH]3)[C@@H](C)O)n2)=N1. The molecule has 3 aromatic heterocycles. The van der Waals surface area contributed by atoms with Gasteiger partial charge in [0.1, 0.15) is 84.6 Å². The number of ether oxygens (including phenoxy) is 5. The maximum Gasteiger partial charge on any atom is 0.404 e. The lowest BCUT2D eigenvalue weighted by atomic mass is 9.51. The van der Waals surface area contributed by atoms with E-state index in [1.807, 2.05) is 0 Å². The van der Waals surface area contributed by atoms with E-state index >= 15 is 4.79 Å². The number of primary amides is 3. The molecule has 3 aliphatic heterocycles. The molecule has 19 atom stereocenters. The number of nitrogens with two attached hydrogens (primary N) is 5. The van der Waals surface area contributed by atoms with E-state index in [0.29, 0.717) is 29.6 Å². The molecule has 41 heteroatoms. The fourth-order valence-electron chi connectivity index (χ4n) is 9.87. The van der Waals surface area contributed by atoms with Crippen LogP contribution in [0.5, 0.6) is 0 Å².